The van der Waals surface area contributed by atoms with Crippen LogP contribution in [-0.2, 0) is 17.6 Å². The third kappa shape index (κ3) is 2.39. The average Bonchev–Trinajstić information content (AvgIpc) is 2.86. The third-order valence-corrected chi connectivity index (χ3v) is 3.89. The molecule has 0 saturated carbocycles. The molecule has 3 rings (SSSR count). The van der Waals surface area contributed by atoms with Crippen LogP contribution in [0.3, 0.4) is 0 Å². The molecule has 0 bridgehead atoms. The molecule has 2 aromatic rings. The van der Waals surface area contributed by atoms with Crippen molar-refractivity contribution in [1.82, 2.24) is 0 Å². The van der Waals surface area contributed by atoms with Crippen LogP contribution in [0.2, 0.25) is 0 Å². The highest BCUT2D eigenvalue weighted by molar-refractivity contribution is 5.96. The van der Waals surface area contributed by atoms with E-state index in [0.29, 0.717) is 11.4 Å². The molecule has 1 aliphatic carbocycles. The van der Waals surface area contributed by atoms with Crippen LogP contribution in [0.25, 0.3) is 0 Å². The minimum absolute atomic E-state index is 0.00750. The first kappa shape index (κ1) is 12.7. The van der Waals surface area contributed by atoms with Gasteiger partial charge in [-0.05, 0) is 48.6 Å². The molecule has 0 heterocycles. The second-order valence-corrected chi connectivity index (χ2v) is 5.45. The summed E-state index contributed by atoms with van der Waals surface area (Å²) in [4.78, 5) is 12.4. The number of fused-ring (bicyclic) bond motifs is 1. The molecule has 3 heteroatoms. The summed E-state index contributed by atoms with van der Waals surface area (Å²) < 4.78 is 0. The Morgan fingerprint density at radius 1 is 1.15 bits per heavy atom. The lowest BCUT2D eigenvalue weighted by Gasteiger charge is -2.12. The van der Waals surface area contributed by atoms with Crippen LogP contribution in [0.5, 0.6) is 0 Å². The molecule has 0 radical (unpaired) electrons. The first-order chi connectivity index (χ1) is 9.63. The van der Waals surface area contributed by atoms with Gasteiger partial charge in [-0.3, -0.25) is 4.79 Å². The first-order valence-corrected chi connectivity index (χ1v) is 6.87. The van der Waals surface area contributed by atoms with E-state index < -0.39 is 0 Å². The molecule has 3 N–H and O–H groups in total. The number of rotatable bonds is 2. The Kier molecular flexibility index (Phi) is 3.18. The third-order valence-electron chi connectivity index (χ3n) is 3.89. The quantitative estimate of drug-likeness (QED) is 0.821. The number of aryl methyl sites for hydroxylation is 1. The van der Waals surface area contributed by atoms with Gasteiger partial charge in [0.1, 0.15) is 0 Å². The Morgan fingerprint density at radius 2 is 1.80 bits per heavy atom. The lowest BCUT2D eigenvalue weighted by Crippen LogP contribution is -2.23. The zero-order valence-corrected chi connectivity index (χ0v) is 11.5. The van der Waals surface area contributed by atoms with E-state index in [9.17, 15) is 4.79 Å². The van der Waals surface area contributed by atoms with Gasteiger partial charge in [-0.15, -0.1) is 0 Å². The van der Waals surface area contributed by atoms with Gasteiger partial charge in [0, 0.05) is 5.92 Å². The Bertz CT molecular complexity index is 639. The van der Waals surface area contributed by atoms with Crippen molar-refractivity contribution in [3.8, 4) is 0 Å². The molecular formula is C17H18N2O. The van der Waals surface area contributed by atoms with Gasteiger partial charge >= 0.3 is 0 Å². The van der Waals surface area contributed by atoms with Crippen LogP contribution in [0.1, 0.15) is 16.7 Å². The van der Waals surface area contributed by atoms with Crippen LogP contribution >= 0.6 is 0 Å². The monoisotopic (exact) mass is 266 g/mol. The zero-order valence-electron chi connectivity index (χ0n) is 11.5. The highest BCUT2D eigenvalue weighted by Gasteiger charge is 2.27. The molecule has 2 aromatic carbocycles. The van der Waals surface area contributed by atoms with Gasteiger partial charge in [-0.25, -0.2) is 0 Å². The average molecular weight is 266 g/mol. The van der Waals surface area contributed by atoms with Crippen LogP contribution < -0.4 is 11.1 Å². The van der Waals surface area contributed by atoms with Crippen molar-refractivity contribution in [2.75, 3.05) is 11.1 Å². The molecule has 20 heavy (non-hydrogen) atoms. The summed E-state index contributed by atoms with van der Waals surface area (Å²) in [7, 11) is 0. The summed E-state index contributed by atoms with van der Waals surface area (Å²) in [5, 5.41) is 2.95. The second kappa shape index (κ2) is 5.00. The molecule has 0 atom stereocenters. The van der Waals surface area contributed by atoms with Crippen LogP contribution in [0.4, 0.5) is 11.4 Å². The van der Waals surface area contributed by atoms with Crippen LogP contribution in [0.15, 0.2) is 42.5 Å². The summed E-state index contributed by atoms with van der Waals surface area (Å²) in [5.41, 5.74) is 10.9. The molecule has 0 fully saturated rings. The number of anilines is 2. The number of hydrogen-bond acceptors (Lipinski definition) is 2. The molecule has 1 aliphatic rings. The van der Waals surface area contributed by atoms with E-state index in [1.54, 1.807) is 0 Å². The molecule has 0 aromatic heterocycles. The number of benzene rings is 2. The summed E-state index contributed by atoms with van der Waals surface area (Å²) in [6.45, 7) is 1.98. The Balaban J connectivity index is 1.72. The fraction of sp³-hybridized carbons (Fsp3) is 0.235. The van der Waals surface area contributed by atoms with Crippen LogP contribution in [-0.4, -0.2) is 5.91 Å². The van der Waals surface area contributed by atoms with E-state index in [2.05, 4.69) is 17.4 Å². The predicted molar refractivity (Wildman–Crippen MR) is 81.6 cm³/mol. The molecule has 0 spiro atoms. The number of carbonyl (C=O) groups is 1. The molecule has 0 aliphatic heterocycles. The standard InChI is InChI=1S/C17H18N2O/c1-11-6-7-16(15(18)8-11)19-17(20)14-9-12-4-2-3-5-13(12)10-14/h2-8,14H,9-10,18H2,1H3,(H,19,20). The number of hydrogen-bond donors (Lipinski definition) is 2. The number of nitrogen functional groups attached to an aromatic ring is 1. The van der Waals surface area contributed by atoms with Crippen molar-refractivity contribution in [3.63, 3.8) is 0 Å². The van der Waals surface area contributed by atoms with Crippen molar-refractivity contribution in [2.45, 2.75) is 19.8 Å². The minimum atomic E-state index is 0.00750. The highest BCUT2D eigenvalue weighted by atomic mass is 16.1. The van der Waals surface area contributed by atoms with Crippen molar-refractivity contribution in [1.29, 1.82) is 0 Å². The first-order valence-electron chi connectivity index (χ1n) is 6.87. The molecule has 1 amide bonds. The highest BCUT2D eigenvalue weighted by Crippen LogP contribution is 2.28. The topological polar surface area (TPSA) is 55.1 Å². The van der Waals surface area contributed by atoms with E-state index in [4.69, 9.17) is 5.73 Å². The van der Waals surface area contributed by atoms with Gasteiger partial charge < -0.3 is 11.1 Å². The SMILES string of the molecule is Cc1ccc(NC(=O)C2Cc3ccccc3C2)c(N)c1. The van der Waals surface area contributed by atoms with Gasteiger partial charge in [-0.1, -0.05) is 30.3 Å². The number of nitrogens with two attached hydrogens (primary N) is 1. The van der Waals surface area contributed by atoms with Crippen LogP contribution in [0, 0.1) is 12.8 Å². The number of carbonyl (C=O) groups excluding carboxylic acids is 1. The van der Waals surface area contributed by atoms with Crippen molar-refractivity contribution >= 4 is 17.3 Å². The van der Waals surface area contributed by atoms with E-state index in [-0.39, 0.29) is 11.8 Å². The maximum atomic E-state index is 12.4. The van der Waals surface area contributed by atoms with Gasteiger partial charge in [0.05, 0.1) is 11.4 Å². The maximum absolute atomic E-state index is 12.4. The molecule has 3 nitrogen and oxygen atoms in total. The van der Waals surface area contributed by atoms with E-state index in [0.717, 1.165) is 18.4 Å². The smallest absolute Gasteiger partial charge is 0.228 e. The fourth-order valence-electron chi connectivity index (χ4n) is 2.78. The predicted octanol–water partition coefficient (Wildman–Crippen LogP) is 2.93. The minimum Gasteiger partial charge on any atom is -0.397 e. The molecule has 0 saturated heterocycles. The Hall–Kier alpha value is -2.29. The number of nitrogens with one attached hydrogen (secondary N) is 1. The lowest BCUT2D eigenvalue weighted by atomic mass is 10.1. The van der Waals surface area contributed by atoms with E-state index >= 15 is 0 Å². The molecular weight excluding hydrogens is 248 g/mol. The van der Waals surface area contributed by atoms with Gasteiger partial charge in [0.25, 0.3) is 0 Å². The summed E-state index contributed by atoms with van der Waals surface area (Å²) >= 11 is 0. The summed E-state index contributed by atoms with van der Waals surface area (Å²) in [5.74, 6) is 0.0601. The Labute approximate surface area is 118 Å². The maximum Gasteiger partial charge on any atom is 0.228 e. The Morgan fingerprint density at radius 3 is 2.40 bits per heavy atom. The fourth-order valence-corrected chi connectivity index (χ4v) is 2.78. The molecule has 0 unspecified atom stereocenters. The van der Waals surface area contributed by atoms with Crippen molar-refractivity contribution in [2.24, 2.45) is 5.92 Å². The van der Waals surface area contributed by atoms with Gasteiger partial charge in [0.15, 0.2) is 0 Å². The summed E-state index contributed by atoms with van der Waals surface area (Å²) in [6, 6.07) is 13.9. The molecule has 102 valence electrons. The largest absolute Gasteiger partial charge is 0.397 e. The van der Waals surface area contributed by atoms with Crippen molar-refractivity contribution < 1.29 is 4.79 Å². The second-order valence-electron chi connectivity index (χ2n) is 5.45. The zero-order chi connectivity index (χ0) is 14.1. The van der Waals surface area contributed by atoms with E-state index in [1.165, 1.54) is 11.1 Å². The van der Waals surface area contributed by atoms with Gasteiger partial charge in [-0.2, -0.15) is 0 Å². The van der Waals surface area contributed by atoms with Gasteiger partial charge in [0.2, 0.25) is 5.91 Å². The normalized spacial score (nSPS) is 14.1. The lowest BCUT2D eigenvalue weighted by molar-refractivity contribution is -0.119. The van der Waals surface area contributed by atoms with Crippen molar-refractivity contribution in [3.05, 3.63) is 59.2 Å². The summed E-state index contributed by atoms with van der Waals surface area (Å²) in [6.07, 6.45) is 1.63. The van der Waals surface area contributed by atoms with E-state index in [1.807, 2.05) is 37.3 Å². The number of amides is 1.